The third-order valence-electron chi connectivity index (χ3n) is 4.39. The summed E-state index contributed by atoms with van der Waals surface area (Å²) >= 11 is 0. The van der Waals surface area contributed by atoms with Crippen molar-refractivity contribution in [2.75, 3.05) is 13.1 Å². The lowest BCUT2D eigenvalue weighted by atomic mass is 9.76. The molecule has 1 aliphatic rings. The van der Waals surface area contributed by atoms with Gasteiger partial charge in [-0.15, -0.1) is 0 Å². The lowest BCUT2D eigenvalue weighted by Gasteiger charge is -2.34. The minimum absolute atomic E-state index is 0.201. The summed E-state index contributed by atoms with van der Waals surface area (Å²) in [6.07, 6.45) is 0.980. The molecule has 1 aliphatic heterocycles. The van der Waals surface area contributed by atoms with Gasteiger partial charge in [0.2, 0.25) is 0 Å². The molecule has 1 heterocycles. The van der Waals surface area contributed by atoms with Crippen molar-refractivity contribution in [3.63, 3.8) is 0 Å². The van der Waals surface area contributed by atoms with Gasteiger partial charge in [-0.3, -0.25) is 0 Å². The van der Waals surface area contributed by atoms with Crippen LogP contribution in [0.2, 0.25) is 0 Å². The molecule has 2 atom stereocenters. The Morgan fingerprint density at radius 1 is 1.00 bits per heavy atom. The molecule has 2 aromatic rings. The molecule has 0 amide bonds. The first-order valence-electron chi connectivity index (χ1n) is 7.37. The minimum atomic E-state index is -0.201. The van der Waals surface area contributed by atoms with Crippen LogP contribution in [0.25, 0.3) is 0 Å². The molecule has 1 nitrogen and oxygen atoms in total. The molecule has 0 spiro atoms. The lowest BCUT2D eigenvalue weighted by molar-refractivity contribution is 0.401. The molecule has 0 aliphatic carbocycles. The van der Waals surface area contributed by atoms with Gasteiger partial charge in [0.1, 0.15) is 11.6 Å². The molecule has 0 bridgehead atoms. The number of benzene rings is 2. The number of hydrogen-bond acceptors (Lipinski definition) is 1. The predicted octanol–water partition coefficient (Wildman–Crippen LogP) is 4.13. The summed E-state index contributed by atoms with van der Waals surface area (Å²) in [6, 6.07) is 11.8. The van der Waals surface area contributed by atoms with Gasteiger partial charge >= 0.3 is 0 Å². The number of rotatable bonds is 2. The van der Waals surface area contributed by atoms with Crippen LogP contribution in [-0.4, -0.2) is 13.1 Å². The molecule has 110 valence electrons. The molecule has 2 aromatic carbocycles. The SMILES string of the molecule is Cc1cc(F)ccc1C1CCNCC1c1cccc(F)c1. The molecule has 0 aromatic heterocycles. The normalized spacial score (nSPS) is 22.2. The average Bonchev–Trinajstić information content (AvgIpc) is 2.47. The summed E-state index contributed by atoms with van der Waals surface area (Å²) < 4.78 is 26.8. The van der Waals surface area contributed by atoms with E-state index in [-0.39, 0.29) is 17.6 Å². The van der Waals surface area contributed by atoms with Crippen LogP contribution in [0.15, 0.2) is 42.5 Å². The Kier molecular flexibility index (Phi) is 4.02. The molecule has 1 N–H and O–H groups in total. The topological polar surface area (TPSA) is 12.0 Å². The van der Waals surface area contributed by atoms with Crippen LogP contribution in [0.4, 0.5) is 8.78 Å². The van der Waals surface area contributed by atoms with Crippen molar-refractivity contribution in [1.82, 2.24) is 5.32 Å². The van der Waals surface area contributed by atoms with E-state index in [0.29, 0.717) is 5.92 Å². The molecule has 1 fully saturated rings. The van der Waals surface area contributed by atoms with Gasteiger partial charge in [-0.25, -0.2) is 8.78 Å². The van der Waals surface area contributed by atoms with Crippen molar-refractivity contribution in [2.24, 2.45) is 0 Å². The zero-order chi connectivity index (χ0) is 14.8. The van der Waals surface area contributed by atoms with E-state index >= 15 is 0 Å². The fraction of sp³-hybridized carbons (Fsp3) is 0.333. The van der Waals surface area contributed by atoms with E-state index in [2.05, 4.69) is 5.32 Å². The molecule has 3 heteroatoms. The largest absolute Gasteiger partial charge is 0.316 e. The van der Waals surface area contributed by atoms with Crippen molar-refractivity contribution in [2.45, 2.75) is 25.2 Å². The van der Waals surface area contributed by atoms with Gasteiger partial charge in [0.15, 0.2) is 0 Å². The molecular weight excluding hydrogens is 268 g/mol. The van der Waals surface area contributed by atoms with Gasteiger partial charge in [-0.1, -0.05) is 18.2 Å². The Hall–Kier alpha value is -1.74. The smallest absolute Gasteiger partial charge is 0.123 e. The number of aryl methyl sites for hydroxylation is 1. The van der Waals surface area contributed by atoms with Crippen molar-refractivity contribution in [3.8, 4) is 0 Å². The fourth-order valence-corrected chi connectivity index (χ4v) is 3.37. The number of nitrogens with one attached hydrogen (secondary N) is 1. The zero-order valence-corrected chi connectivity index (χ0v) is 12.1. The fourth-order valence-electron chi connectivity index (χ4n) is 3.37. The molecule has 3 rings (SSSR count). The van der Waals surface area contributed by atoms with Gasteiger partial charge in [-0.2, -0.15) is 0 Å². The predicted molar refractivity (Wildman–Crippen MR) is 80.5 cm³/mol. The lowest BCUT2D eigenvalue weighted by Crippen LogP contribution is -2.34. The van der Waals surface area contributed by atoms with E-state index in [1.54, 1.807) is 18.2 Å². The van der Waals surface area contributed by atoms with Crippen molar-refractivity contribution < 1.29 is 8.78 Å². The Balaban J connectivity index is 1.98. The number of hydrogen-bond donors (Lipinski definition) is 1. The van der Waals surface area contributed by atoms with Crippen LogP contribution in [0.5, 0.6) is 0 Å². The van der Waals surface area contributed by atoms with Crippen LogP contribution in [0.1, 0.15) is 34.9 Å². The highest BCUT2D eigenvalue weighted by Crippen LogP contribution is 2.38. The van der Waals surface area contributed by atoms with Crippen LogP contribution in [0, 0.1) is 18.6 Å². The van der Waals surface area contributed by atoms with E-state index in [9.17, 15) is 8.78 Å². The molecule has 0 radical (unpaired) electrons. The van der Waals surface area contributed by atoms with E-state index in [1.165, 1.54) is 17.7 Å². The standard InChI is InChI=1S/C18H19F2N/c1-12-9-15(20)5-6-16(12)17-7-8-21-11-18(17)13-3-2-4-14(19)10-13/h2-6,9-10,17-18,21H,7-8,11H2,1H3. The van der Waals surface area contributed by atoms with E-state index in [4.69, 9.17) is 0 Å². The van der Waals surface area contributed by atoms with Crippen LogP contribution < -0.4 is 5.32 Å². The Labute approximate surface area is 124 Å². The first kappa shape index (κ1) is 14.2. The maximum atomic E-state index is 13.5. The molecule has 21 heavy (non-hydrogen) atoms. The maximum Gasteiger partial charge on any atom is 0.123 e. The summed E-state index contributed by atoms with van der Waals surface area (Å²) in [6.45, 7) is 3.71. The summed E-state index contributed by atoms with van der Waals surface area (Å²) in [7, 11) is 0. The van der Waals surface area contributed by atoms with E-state index in [0.717, 1.165) is 30.6 Å². The van der Waals surface area contributed by atoms with Crippen molar-refractivity contribution in [1.29, 1.82) is 0 Å². The van der Waals surface area contributed by atoms with Gasteiger partial charge in [0.05, 0.1) is 0 Å². The minimum Gasteiger partial charge on any atom is -0.316 e. The van der Waals surface area contributed by atoms with Crippen molar-refractivity contribution >= 4 is 0 Å². The molecule has 0 saturated carbocycles. The van der Waals surface area contributed by atoms with Gasteiger partial charge in [0, 0.05) is 12.5 Å². The first-order valence-corrected chi connectivity index (χ1v) is 7.37. The van der Waals surface area contributed by atoms with Gasteiger partial charge < -0.3 is 5.32 Å². The first-order chi connectivity index (χ1) is 10.1. The summed E-state index contributed by atoms with van der Waals surface area (Å²) in [5.41, 5.74) is 3.16. The van der Waals surface area contributed by atoms with Gasteiger partial charge in [-0.05, 0) is 66.8 Å². The monoisotopic (exact) mass is 287 g/mol. The summed E-state index contributed by atoms with van der Waals surface area (Å²) in [5.74, 6) is 0.118. The Morgan fingerprint density at radius 2 is 1.81 bits per heavy atom. The number of halogens is 2. The summed E-state index contributed by atoms with van der Waals surface area (Å²) in [4.78, 5) is 0. The second-order valence-electron chi connectivity index (χ2n) is 5.76. The highest BCUT2D eigenvalue weighted by molar-refractivity contribution is 5.35. The average molecular weight is 287 g/mol. The number of piperidine rings is 1. The van der Waals surface area contributed by atoms with Crippen molar-refractivity contribution in [3.05, 3.63) is 70.8 Å². The quantitative estimate of drug-likeness (QED) is 0.875. The third-order valence-corrected chi connectivity index (χ3v) is 4.39. The van der Waals surface area contributed by atoms with Crippen LogP contribution in [-0.2, 0) is 0 Å². The Bertz CT molecular complexity index is 639. The Morgan fingerprint density at radius 3 is 2.57 bits per heavy atom. The third kappa shape index (κ3) is 2.98. The van der Waals surface area contributed by atoms with Gasteiger partial charge in [0.25, 0.3) is 0 Å². The zero-order valence-electron chi connectivity index (χ0n) is 12.1. The van der Waals surface area contributed by atoms with E-state index < -0.39 is 0 Å². The summed E-state index contributed by atoms with van der Waals surface area (Å²) in [5, 5.41) is 3.39. The highest BCUT2D eigenvalue weighted by Gasteiger charge is 2.28. The highest BCUT2D eigenvalue weighted by atomic mass is 19.1. The van der Waals surface area contributed by atoms with Crippen LogP contribution >= 0.6 is 0 Å². The second-order valence-corrected chi connectivity index (χ2v) is 5.76. The van der Waals surface area contributed by atoms with Crippen LogP contribution in [0.3, 0.4) is 0 Å². The second kappa shape index (κ2) is 5.94. The molecular formula is C18H19F2N. The molecule has 1 saturated heterocycles. The maximum absolute atomic E-state index is 13.5. The van der Waals surface area contributed by atoms with E-state index in [1.807, 2.05) is 19.1 Å². The molecule has 2 unspecified atom stereocenters.